The van der Waals surface area contributed by atoms with Gasteiger partial charge in [-0.25, -0.2) is 4.39 Å². The van der Waals surface area contributed by atoms with Crippen LogP contribution in [0.1, 0.15) is 18.7 Å². The minimum Gasteiger partial charge on any atom is -0.494 e. The Balaban J connectivity index is 2.62. The van der Waals surface area contributed by atoms with E-state index in [-0.39, 0.29) is 0 Å². The van der Waals surface area contributed by atoms with Gasteiger partial charge < -0.3 is 10.1 Å². The van der Waals surface area contributed by atoms with Crippen molar-refractivity contribution >= 4 is 0 Å². The van der Waals surface area contributed by atoms with Gasteiger partial charge in [-0.15, -0.1) is 0 Å². The molecule has 78 valence electrons. The van der Waals surface area contributed by atoms with Crippen LogP contribution in [0.5, 0.6) is 5.75 Å². The van der Waals surface area contributed by atoms with Crippen molar-refractivity contribution in [2.24, 2.45) is 0 Å². The third kappa shape index (κ3) is 3.00. The second kappa shape index (κ2) is 5.60. The lowest BCUT2D eigenvalue weighted by molar-refractivity contribution is 0.331. The summed E-state index contributed by atoms with van der Waals surface area (Å²) in [4.78, 5) is 0. The molecule has 1 unspecified atom stereocenters. The van der Waals surface area contributed by atoms with Crippen LogP contribution in [0.2, 0.25) is 0 Å². The Labute approximate surface area is 84.1 Å². The van der Waals surface area contributed by atoms with Crippen molar-refractivity contribution in [2.45, 2.75) is 13.1 Å². The first-order chi connectivity index (χ1) is 6.77. The van der Waals surface area contributed by atoms with Crippen molar-refractivity contribution in [3.8, 4) is 5.75 Å². The zero-order chi connectivity index (χ0) is 10.4. The minimum absolute atomic E-state index is 0.341. The van der Waals surface area contributed by atoms with E-state index in [2.05, 4.69) is 5.32 Å². The van der Waals surface area contributed by atoms with Crippen molar-refractivity contribution in [2.75, 3.05) is 20.2 Å². The Hall–Kier alpha value is -1.09. The van der Waals surface area contributed by atoms with Crippen LogP contribution in [0.3, 0.4) is 0 Å². The molecule has 0 aliphatic heterocycles. The smallest absolute Gasteiger partial charge is 0.137 e. The van der Waals surface area contributed by atoms with Gasteiger partial charge in [-0.1, -0.05) is 12.1 Å². The zero-order valence-corrected chi connectivity index (χ0v) is 8.59. The number of ether oxygens (including phenoxy) is 1. The topological polar surface area (TPSA) is 21.3 Å². The fraction of sp³-hybridized carbons (Fsp3) is 0.455. The first kappa shape index (κ1) is 11.0. The summed E-state index contributed by atoms with van der Waals surface area (Å²) < 4.78 is 18.6. The summed E-state index contributed by atoms with van der Waals surface area (Å²) in [5, 5.41) is 2.80. The highest BCUT2D eigenvalue weighted by molar-refractivity contribution is 5.28. The van der Waals surface area contributed by atoms with Gasteiger partial charge >= 0.3 is 0 Å². The standard InChI is InChI=1S/C11H16FNO/c1-3-14-10-6-4-9(5-7-10)11(12)8-13-2/h4-7,11,13H,3,8H2,1-2H3. The van der Waals surface area contributed by atoms with Gasteiger partial charge in [0.2, 0.25) is 0 Å². The molecule has 1 atom stereocenters. The molecule has 0 heterocycles. The average Bonchev–Trinajstić information content (AvgIpc) is 2.20. The first-order valence-electron chi connectivity index (χ1n) is 4.79. The number of rotatable bonds is 5. The lowest BCUT2D eigenvalue weighted by atomic mass is 10.1. The Kier molecular flexibility index (Phi) is 4.40. The van der Waals surface area contributed by atoms with Crippen LogP contribution in [-0.4, -0.2) is 20.2 Å². The van der Waals surface area contributed by atoms with Gasteiger partial charge in [0, 0.05) is 6.54 Å². The molecule has 1 aromatic rings. The molecule has 0 aromatic heterocycles. The van der Waals surface area contributed by atoms with Crippen LogP contribution in [-0.2, 0) is 0 Å². The van der Waals surface area contributed by atoms with E-state index in [0.717, 1.165) is 5.75 Å². The van der Waals surface area contributed by atoms with Gasteiger partial charge in [-0.05, 0) is 31.7 Å². The minimum atomic E-state index is -0.948. The third-order valence-corrected chi connectivity index (χ3v) is 1.94. The number of nitrogens with one attached hydrogen (secondary N) is 1. The molecule has 2 nitrogen and oxygen atoms in total. The van der Waals surface area contributed by atoms with Crippen LogP contribution in [0.4, 0.5) is 4.39 Å². The summed E-state index contributed by atoms with van der Waals surface area (Å²) in [6.45, 7) is 2.90. The normalized spacial score (nSPS) is 12.5. The highest BCUT2D eigenvalue weighted by atomic mass is 19.1. The van der Waals surface area contributed by atoms with Crippen LogP contribution in [0, 0.1) is 0 Å². The number of hydrogen-bond acceptors (Lipinski definition) is 2. The maximum atomic E-state index is 13.3. The van der Waals surface area contributed by atoms with Crippen molar-refractivity contribution in [1.82, 2.24) is 5.32 Å². The molecule has 0 fully saturated rings. The molecule has 0 amide bonds. The van der Waals surface area contributed by atoms with E-state index in [1.807, 2.05) is 6.92 Å². The van der Waals surface area contributed by atoms with E-state index in [4.69, 9.17) is 4.74 Å². The highest BCUT2D eigenvalue weighted by Crippen LogP contribution is 2.19. The van der Waals surface area contributed by atoms with E-state index in [1.54, 1.807) is 31.3 Å². The Morgan fingerprint density at radius 3 is 2.50 bits per heavy atom. The summed E-state index contributed by atoms with van der Waals surface area (Å²) in [6, 6.07) is 7.10. The number of alkyl halides is 1. The van der Waals surface area contributed by atoms with Crippen molar-refractivity contribution in [3.05, 3.63) is 29.8 Å². The summed E-state index contributed by atoms with van der Waals surface area (Å²) in [6.07, 6.45) is -0.948. The Bertz CT molecular complexity index is 260. The Morgan fingerprint density at radius 2 is 2.00 bits per heavy atom. The van der Waals surface area contributed by atoms with Crippen molar-refractivity contribution < 1.29 is 9.13 Å². The predicted octanol–water partition coefficient (Wildman–Crippen LogP) is 2.32. The largest absolute Gasteiger partial charge is 0.494 e. The van der Waals surface area contributed by atoms with Crippen molar-refractivity contribution in [3.63, 3.8) is 0 Å². The number of likely N-dealkylation sites (N-methyl/N-ethyl adjacent to an activating group) is 1. The molecule has 0 saturated carbocycles. The lowest BCUT2D eigenvalue weighted by Gasteiger charge is -2.08. The van der Waals surface area contributed by atoms with E-state index >= 15 is 0 Å². The summed E-state index contributed by atoms with van der Waals surface area (Å²) in [5.74, 6) is 0.785. The fourth-order valence-corrected chi connectivity index (χ4v) is 1.24. The molecular formula is C11H16FNO. The van der Waals surface area contributed by atoms with Gasteiger partial charge in [-0.2, -0.15) is 0 Å². The summed E-state index contributed by atoms with van der Waals surface area (Å²) >= 11 is 0. The first-order valence-corrected chi connectivity index (χ1v) is 4.79. The summed E-state index contributed by atoms with van der Waals surface area (Å²) in [7, 11) is 1.74. The molecule has 1 rings (SSSR count). The lowest BCUT2D eigenvalue weighted by Crippen LogP contribution is -2.13. The Morgan fingerprint density at radius 1 is 1.36 bits per heavy atom. The van der Waals surface area contributed by atoms with Gasteiger partial charge in [0.05, 0.1) is 6.61 Å². The van der Waals surface area contributed by atoms with E-state index in [1.165, 1.54) is 0 Å². The third-order valence-electron chi connectivity index (χ3n) is 1.94. The second-order valence-electron chi connectivity index (χ2n) is 3.03. The molecule has 0 aliphatic rings. The van der Waals surface area contributed by atoms with Gasteiger partial charge in [0.1, 0.15) is 11.9 Å². The number of hydrogen-bond donors (Lipinski definition) is 1. The average molecular weight is 197 g/mol. The number of benzene rings is 1. The molecule has 0 radical (unpaired) electrons. The molecule has 0 bridgehead atoms. The zero-order valence-electron chi connectivity index (χ0n) is 8.59. The molecule has 1 N–H and O–H groups in total. The second-order valence-corrected chi connectivity index (χ2v) is 3.03. The van der Waals surface area contributed by atoms with Crippen LogP contribution in [0.15, 0.2) is 24.3 Å². The molecule has 14 heavy (non-hydrogen) atoms. The molecule has 0 saturated heterocycles. The fourth-order valence-electron chi connectivity index (χ4n) is 1.24. The quantitative estimate of drug-likeness (QED) is 0.782. The predicted molar refractivity (Wildman–Crippen MR) is 55.4 cm³/mol. The molecule has 3 heteroatoms. The molecular weight excluding hydrogens is 181 g/mol. The van der Waals surface area contributed by atoms with Gasteiger partial charge in [0.25, 0.3) is 0 Å². The van der Waals surface area contributed by atoms with E-state index in [9.17, 15) is 4.39 Å². The van der Waals surface area contributed by atoms with Crippen LogP contribution < -0.4 is 10.1 Å². The van der Waals surface area contributed by atoms with Crippen molar-refractivity contribution in [1.29, 1.82) is 0 Å². The maximum absolute atomic E-state index is 13.3. The van der Waals surface area contributed by atoms with E-state index in [0.29, 0.717) is 18.7 Å². The molecule has 0 spiro atoms. The summed E-state index contributed by atoms with van der Waals surface area (Å²) in [5.41, 5.74) is 0.683. The molecule has 0 aliphatic carbocycles. The highest BCUT2D eigenvalue weighted by Gasteiger charge is 2.07. The monoisotopic (exact) mass is 197 g/mol. The maximum Gasteiger partial charge on any atom is 0.137 e. The van der Waals surface area contributed by atoms with Gasteiger partial charge in [0.15, 0.2) is 0 Å². The van der Waals surface area contributed by atoms with Crippen LogP contribution >= 0.6 is 0 Å². The molecule has 1 aromatic carbocycles. The number of halogens is 1. The van der Waals surface area contributed by atoms with Crippen LogP contribution in [0.25, 0.3) is 0 Å². The van der Waals surface area contributed by atoms with Gasteiger partial charge in [-0.3, -0.25) is 0 Å². The van der Waals surface area contributed by atoms with E-state index < -0.39 is 6.17 Å². The SMILES string of the molecule is CCOc1ccc(C(F)CNC)cc1.